The SMILES string of the molecule is COC(=O)[C@H]1C(=O)C2=C(C[C@@H]1C)NC(C)=C(C(=O)OC(C)C)[C@@H]2c1ccccc1Br. The summed E-state index contributed by atoms with van der Waals surface area (Å²) in [5.41, 5.74) is 2.97. The molecule has 6 nitrogen and oxygen atoms in total. The minimum atomic E-state index is -0.902. The fourth-order valence-electron chi connectivity index (χ4n) is 4.25. The molecule has 0 saturated carbocycles. The maximum atomic E-state index is 13.6. The number of ether oxygens (including phenoxy) is 2. The molecule has 1 aliphatic carbocycles. The zero-order valence-electron chi connectivity index (χ0n) is 17.7. The van der Waals surface area contributed by atoms with Gasteiger partial charge in [0.2, 0.25) is 0 Å². The van der Waals surface area contributed by atoms with Crippen LogP contribution in [0.5, 0.6) is 0 Å². The summed E-state index contributed by atoms with van der Waals surface area (Å²) in [7, 11) is 1.28. The second-order valence-electron chi connectivity index (χ2n) is 8.01. The molecule has 0 spiro atoms. The summed E-state index contributed by atoms with van der Waals surface area (Å²) >= 11 is 3.56. The zero-order chi connectivity index (χ0) is 22.2. The number of benzene rings is 1. The molecule has 1 N–H and O–H groups in total. The largest absolute Gasteiger partial charge is 0.468 e. The number of allylic oxidation sites excluding steroid dienone is 3. The van der Waals surface area contributed by atoms with Crippen LogP contribution >= 0.6 is 15.9 Å². The van der Waals surface area contributed by atoms with E-state index in [4.69, 9.17) is 9.47 Å². The Morgan fingerprint density at radius 3 is 2.50 bits per heavy atom. The Morgan fingerprint density at radius 2 is 1.90 bits per heavy atom. The number of carbonyl (C=O) groups is 3. The van der Waals surface area contributed by atoms with Gasteiger partial charge in [-0.1, -0.05) is 41.1 Å². The molecule has 160 valence electrons. The van der Waals surface area contributed by atoms with E-state index < -0.39 is 23.8 Å². The molecule has 1 heterocycles. The molecule has 0 amide bonds. The molecule has 0 aromatic heterocycles. The Morgan fingerprint density at radius 1 is 1.23 bits per heavy atom. The predicted octanol–water partition coefficient (Wildman–Crippen LogP) is 4.01. The maximum Gasteiger partial charge on any atom is 0.337 e. The second kappa shape index (κ2) is 8.76. The summed E-state index contributed by atoms with van der Waals surface area (Å²) < 4.78 is 11.2. The third kappa shape index (κ3) is 3.95. The van der Waals surface area contributed by atoms with Gasteiger partial charge in [0, 0.05) is 27.4 Å². The topological polar surface area (TPSA) is 81.7 Å². The van der Waals surface area contributed by atoms with Crippen molar-refractivity contribution in [1.82, 2.24) is 5.32 Å². The molecule has 0 saturated heterocycles. The third-order valence-corrected chi connectivity index (χ3v) is 6.24. The molecule has 1 aromatic rings. The molecule has 30 heavy (non-hydrogen) atoms. The highest BCUT2D eigenvalue weighted by Crippen LogP contribution is 2.47. The van der Waals surface area contributed by atoms with E-state index in [9.17, 15) is 14.4 Å². The normalized spacial score (nSPS) is 23.8. The number of dihydropyridines is 1. The van der Waals surface area contributed by atoms with Crippen LogP contribution in [0.15, 0.2) is 51.3 Å². The molecule has 0 radical (unpaired) electrons. The summed E-state index contributed by atoms with van der Waals surface area (Å²) in [6.07, 6.45) is 0.198. The van der Waals surface area contributed by atoms with E-state index in [1.807, 2.05) is 38.1 Å². The van der Waals surface area contributed by atoms with Gasteiger partial charge in [0.05, 0.1) is 18.8 Å². The second-order valence-corrected chi connectivity index (χ2v) is 8.87. The fraction of sp³-hybridized carbons (Fsp3) is 0.435. The maximum absolute atomic E-state index is 13.6. The number of hydrogen-bond donors (Lipinski definition) is 1. The third-order valence-electron chi connectivity index (χ3n) is 5.52. The van der Waals surface area contributed by atoms with Crippen molar-refractivity contribution in [3.8, 4) is 0 Å². The van der Waals surface area contributed by atoms with Gasteiger partial charge in [0.15, 0.2) is 5.78 Å². The van der Waals surface area contributed by atoms with Crippen molar-refractivity contribution in [2.75, 3.05) is 7.11 Å². The summed E-state index contributed by atoms with van der Waals surface area (Å²) in [5, 5.41) is 3.25. The van der Waals surface area contributed by atoms with Gasteiger partial charge in [-0.25, -0.2) is 4.79 Å². The Hall–Kier alpha value is -2.41. The first-order valence-corrected chi connectivity index (χ1v) is 10.7. The predicted molar refractivity (Wildman–Crippen MR) is 115 cm³/mol. The number of ketones is 1. The Labute approximate surface area is 184 Å². The molecular formula is C23H26BrNO5. The molecule has 7 heteroatoms. The number of esters is 2. The number of halogens is 1. The van der Waals surface area contributed by atoms with Gasteiger partial charge < -0.3 is 14.8 Å². The van der Waals surface area contributed by atoms with Gasteiger partial charge in [-0.05, 0) is 44.7 Å². The van der Waals surface area contributed by atoms with E-state index in [0.29, 0.717) is 23.3 Å². The number of carbonyl (C=O) groups excluding carboxylic acids is 3. The number of rotatable bonds is 4. The minimum Gasteiger partial charge on any atom is -0.468 e. The highest BCUT2D eigenvalue weighted by molar-refractivity contribution is 9.10. The lowest BCUT2D eigenvalue weighted by Gasteiger charge is -2.38. The highest BCUT2D eigenvalue weighted by Gasteiger charge is 2.47. The molecule has 3 rings (SSSR count). The van der Waals surface area contributed by atoms with Gasteiger partial charge in [-0.15, -0.1) is 0 Å². The van der Waals surface area contributed by atoms with Crippen molar-refractivity contribution >= 4 is 33.7 Å². The first-order valence-electron chi connectivity index (χ1n) is 9.95. The molecule has 1 aliphatic heterocycles. The van der Waals surface area contributed by atoms with Gasteiger partial charge in [0.25, 0.3) is 0 Å². The number of nitrogens with one attached hydrogen (secondary N) is 1. The van der Waals surface area contributed by atoms with E-state index in [0.717, 1.165) is 15.7 Å². The van der Waals surface area contributed by atoms with Crippen LogP contribution in [0.4, 0.5) is 0 Å². The van der Waals surface area contributed by atoms with Crippen molar-refractivity contribution in [2.24, 2.45) is 11.8 Å². The van der Waals surface area contributed by atoms with Gasteiger partial charge in [-0.2, -0.15) is 0 Å². The molecular weight excluding hydrogens is 450 g/mol. The van der Waals surface area contributed by atoms with Crippen LogP contribution < -0.4 is 5.32 Å². The van der Waals surface area contributed by atoms with Gasteiger partial charge >= 0.3 is 11.9 Å². The van der Waals surface area contributed by atoms with Crippen molar-refractivity contribution in [2.45, 2.75) is 46.1 Å². The van der Waals surface area contributed by atoms with Crippen molar-refractivity contribution < 1.29 is 23.9 Å². The number of methoxy groups -OCH3 is 1. The van der Waals surface area contributed by atoms with Crippen LogP contribution in [0.1, 0.15) is 45.6 Å². The Balaban J connectivity index is 2.21. The lowest BCUT2D eigenvalue weighted by molar-refractivity contribution is -0.151. The Bertz CT molecular complexity index is 962. The van der Waals surface area contributed by atoms with Crippen molar-refractivity contribution in [1.29, 1.82) is 0 Å². The molecule has 0 unspecified atom stereocenters. The Kier molecular flexibility index (Phi) is 6.50. The summed E-state index contributed by atoms with van der Waals surface area (Å²) in [6.45, 7) is 7.23. The number of Topliss-reactive ketones (excluding diaryl/α,β-unsaturated/α-hetero) is 1. The molecule has 0 bridgehead atoms. The zero-order valence-corrected chi connectivity index (χ0v) is 19.3. The van der Waals surface area contributed by atoms with Crippen LogP contribution in [0.2, 0.25) is 0 Å². The van der Waals surface area contributed by atoms with Crippen LogP contribution in [0, 0.1) is 11.8 Å². The lowest BCUT2D eigenvalue weighted by Crippen LogP contribution is -2.43. The fourth-order valence-corrected chi connectivity index (χ4v) is 4.76. The van der Waals surface area contributed by atoms with Crippen LogP contribution in [-0.2, 0) is 23.9 Å². The van der Waals surface area contributed by atoms with Gasteiger partial charge in [0.1, 0.15) is 5.92 Å². The summed E-state index contributed by atoms with van der Waals surface area (Å²) in [5.74, 6) is -3.11. The standard InChI is InChI=1S/C23H26BrNO5/c1-11(2)30-23(28)18-13(4)25-16-10-12(3)17(22(27)29-5)21(26)20(16)19(18)14-8-6-7-9-15(14)24/h6-9,11-12,17,19,25H,10H2,1-5H3/t12-,17+,19-/m0/s1. The quantitative estimate of drug-likeness (QED) is 0.523. The van der Waals surface area contributed by atoms with Crippen LogP contribution in [0.25, 0.3) is 0 Å². The van der Waals surface area contributed by atoms with E-state index in [1.165, 1.54) is 7.11 Å². The van der Waals surface area contributed by atoms with E-state index in [2.05, 4.69) is 21.2 Å². The first-order chi connectivity index (χ1) is 14.2. The molecule has 1 aromatic carbocycles. The smallest absolute Gasteiger partial charge is 0.337 e. The van der Waals surface area contributed by atoms with Crippen molar-refractivity contribution in [3.63, 3.8) is 0 Å². The highest BCUT2D eigenvalue weighted by atomic mass is 79.9. The summed E-state index contributed by atoms with van der Waals surface area (Å²) in [4.78, 5) is 39.0. The molecule has 3 atom stereocenters. The van der Waals surface area contributed by atoms with Crippen LogP contribution in [0.3, 0.4) is 0 Å². The minimum absolute atomic E-state index is 0.215. The van der Waals surface area contributed by atoms with E-state index >= 15 is 0 Å². The van der Waals surface area contributed by atoms with Crippen molar-refractivity contribution in [3.05, 3.63) is 56.8 Å². The summed E-state index contributed by atoms with van der Waals surface area (Å²) in [6, 6.07) is 7.47. The molecule has 2 aliphatic rings. The average Bonchev–Trinajstić information content (AvgIpc) is 2.66. The molecule has 0 fully saturated rings. The van der Waals surface area contributed by atoms with E-state index in [-0.39, 0.29) is 17.8 Å². The lowest BCUT2D eigenvalue weighted by atomic mass is 9.69. The average molecular weight is 476 g/mol. The van der Waals surface area contributed by atoms with Crippen LogP contribution in [-0.4, -0.2) is 30.9 Å². The monoisotopic (exact) mass is 475 g/mol. The first kappa shape index (κ1) is 22.3. The number of hydrogen-bond acceptors (Lipinski definition) is 6. The van der Waals surface area contributed by atoms with Gasteiger partial charge in [-0.3, -0.25) is 9.59 Å². The van der Waals surface area contributed by atoms with E-state index in [1.54, 1.807) is 13.8 Å².